The van der Waals surface area contributed by atoms with E-state index >= 15 is 0 Å². The Morgan fingerprint density at radius 3 is 3.00 bits per heavy atom. The Kier molecular flexibility index (Phi) is 4.67. The summed E-state index contributed by atoms with van der Waals surface area (Å²) in [6.45, 7) is 1.34. The van der Waals surface area contributed by atoms with Crippen LogP contribution in [0, 0.1) is 10.1 Å². The van der Waals surface area contributed by atoms with Gasteiger partial charge in [-0.1, -0.05) is 0 Å². The van der Waals surface area contributed by atoms with Crippen molar-refractivity contribution in [2.75, 3.05) is 37.5 Å². The summed E-state index contributed by atoms with van der Waals surface area (Å²) >= 11 is 0. The molecule has 0 aromatic carbocycles. The van der Waals surface area contributed by atoms with Gasteiger partial charge >= 0.3 is 5.69 Å². The van der Waals surface area contributed by atoms with Crippen molar-refractivity contribution >= 4 is 17.5 Å². The first-order valence-corrected chi connectivity index (χ1v) is 6.63. The van der Waals surface area contributed by atoms with Crippen molar-refractivity contribution in [3.63, 3.8) is 0 Å². The lowest BCUT2D eigenvalue weighted by atomic mass is 10.1. The second kappa shape index (κ2) is 6.47. The summed E-state index contributed by atoms with van der Waals surface area (Å²) in [6.07, 6.45) is 4.51. The van der Waals surface area contributed by atoms with Crippen LogP contribution in [0.2, 0.25) is 0 Å². The molecule has 2 heterocycles. The Morgan fingerprint density at radius 1 is 1.60 bits per heavy atom. The van der Waals surface area contributed by atoms with Crippen LogP contribution < -0.4 is 10.2 Å². The number of likely N-dealkylation sites (N-methyl/N-ethyl adjacent to an activating group) is 1. The zero-order valence-electron chi connectivity index (χ0n) is 11.7. The Morgan fingerprint density at radius 2 is 2.40 bits per heavy atom. The molecule has 1 saturated heterocycles. The van der Waals surface area contributed by atoms with Crippen molar-refractivity contribution in [3.8, 4) is 0 Å². The van der Waals surface area contributed by atoms with Crippen LogP contribution >= 0.6 is 0 Å². The second-order valence-corrected chi connectivity index (χ2v) is 4.78. The van der Waals surface area contributed by atoms with Crippen LogP contribution in [0.3, 0.4) is 0 Å². The highest BCUT2D eigenvalue weighted by Crippen LogP contribution is 2.26. The van der Waals surface area contributed by atoms with Gasteiger partial charge in [-0.25, -0.2) is 4.98 Å². The van der Waals surface area contributed by atoms with E-state index in [4.69, 9.17) is 4.74 Å². The maximum absolute atomic E-state index is 11.1. The third-order valence-electron chi connectivity index (χ3n) is 3.28. The Bertz CT molecular complexity index is 476. The molecule has 0 radical (unpaired) electrons. The lowest BCUT2D eigenvalue weighted by Crippen LogP contribution is -2.34. The highest BCUT2D eigenvalue weighted by Gasteiger charge is 2.23. The molecular formula is C12H19N5O3. The van der Waals surface area contributed by atoms with Crippen molar-refractivity contribution in [3.05, 3.63) is 16.3 Å². The molecule has 1 aromatic heterocycles. The maximum atomic E-state index is 11.1. The molecule has 20 heavy (non-hydrogen) atoms. The minimum atomic E-state index is -0.465. The number of hydrogen-bond acceptors (Lipinski definition) is 7. The van der Waals surface area contributed by atoms with Crippen LogP contribution in [0.5, 0.6) is 0 Å². The summed E-state index contributed by atoms with van der Waals surface area (Å²) in [4.78, 5) is 20.4. The van der Waals surface area contributed by atoms with E-state index in [1.807, 2.05) is 0 Å². The van der Waals surface area contributed by atoms with Gasteiger partial charge in [0.05, 0.1) is 11.0 Å². The third-order valence-corrected chi connectivity index (χ3v) is 3.28. The predicted molar refractivity (Wildman–Crippen MR) is 75.1 cm³/mol. The highest BCUT2D eigenvalue weighted by molar-refractivity contribution is 5.58. The van der Waals surface area contributed by atoms with Crippen LogP contribution in [0.25, 0.3) is 0 Å². The second-order valence-electron chi connectivity index (χ2n) is 4.78. The zero-order chi connectivity index (χ0) is 14.5. The molecule has 1 fully saturated rings. The lowest BCUT2D eigenvalue weighted by molar-refractivity contribution is -0.384. The van der Waals surface area contributed by atoms with Crippen LogP contribution in [-0.4, -0.2) is 48.2 Å². The summed E-state index contributed by atoms with van der Waals surface area (Å²) in [6, 6.07) is 0. The van der Waals surface area contributed by atoms with Gasteiger partial charge in [-0.05, 0) is 19.3 Å². The summed E-state index contributed by atoms with van der Waals surface area (Å²) in [5.41, 5.74) is -0.0951. The summed E-state index contributed by atoms with van der Waals surface area (Å²) in [5.74, 6) is 0.672. The van der Waals surface area contributed by atoms with Gasteiger partial charge in [0.2, 0.25) is 11.8 Å². The molecular weight excluding hydrogens is 262 g/mol. The minimum Gasteiger partial charge on any atom is -0.376 e. The van der Waals surface area contributed by atoms with Crippen molar-refractivity contribution < 1.29 is 9.66 Å². The highest BCUT2D eigenvalue weighted by atomic mass is 16.6. The van der Waals surface area contributed by atoms with Gasteiger partial charge in [0.25, 0.3) is 0 Å². The van der Waals surface area contributed by atoms with Gasteiger partial charge in [-0.15, -0.1) is 0 Å². The lowest BCUT2D eigenvalue weighted by Gasteiger charge is -2.27. The molecule has 1 aliphatic heterocycles. The summed E-state index contributed by atoms with van der Waals surface area (Å²) < 4.78 is 5.66. The average Bonchev–Trinajstić information content (AvgIpc) is 2.47. The average molecular weight is 281 g/mol. The van der Waals surface area contributed by atoms with Crippen molar-refractivity contribution in [2.45, 2.75) is 25.4 Å². The molecule has 1 aliphatic rings. The number of anilines is 2. The quantitative estimate of drug-likeness (QED) is 0.644. The normalized spacial score (nSPS) is 18.6. The van der Waals surface area contributed by atoms with Crippen molar-refractivity contribution in [1.82, 2.24) is 9.97 Å². The summed E-state index contributed by atoms with van der Waals surface area (Å²) in [5, 5.41) is 13.9. The molecule has 1 N–H and O–H groups in total. The molecule has 2 rings (SSSR count). The fourth-order valence-electron chi connectivity index (χ4n) is 2.24. The van der Waals surface area contributed by atoms with Gasteiger partial charge in [0.15, 0.2) is 0 Å². The molecule has 1 atom stereocenters. The Hall–Kier alpha value is -1.96. The van der Waals surface area contributed by atoms with Gasteiger partial charge in [-0.2, -0.15) is 4.98 Å². The van der Waals surface area contributed by atoms with E-state index in [1.54, 1.807) is 19.0 Å². The molecule has 0 aliphatic carbocycles. The minimum absolute atomic E-state index is 0.0951. The molecule has 0 saturated carbocycles. The number of nitro groups is 1. The van der Waals surface area contributed by atoms with E-state index in [0.29, 0.717) is 18.3 Å². The molecule has 8 heteroatoms. The number of ether oxygens (including phenoxy) is 1. The first-order valence-electron chi connectivity index (χ1n) is 6.63. The Balaban J connectivity index is 2.17. The van der Waals surface area contributed by atoms with Gasteiger partial charge in [0.1, 0.15) is 6.20 Å². The fourth-order valence-corrected chi connectivity index (χ4v) is 2.24. The van der Waals surface area contributed by atoms with Crippen molar-refractivity contribution in [2.24, 2.45) is 0 Å². The van der Waals surface area contributed by atoms with Gasteiger partial charge < -0.3 is 15.0 Å². The zero-order valence-corrected chi connectivity index (χ0v) is 11.7. The van der Waals surface area contributed by atoms with Gasteiger partial charge in [0, 0.05) is 27.2 Å². The maximum Gasteiger partial charge on any atom is 0.329 e. The Labute approximate surface area is 117 Å². The predicted octanol–water partition coefficient (Wildman–Crippen LogP) is 1.43. The van der Waals surface area contributed by atoms with Crippen LogP contribution in [0.15, 0.2) is 6.20 Å². The topological polar surface area (TPSA) is 93.4 Å². The standard InChI is InChI=1S/C12H19N5O3/c1-13-12-14-7-10(17(18)19)11(15-12)16(2)8-9-5-3-4-6-20-9/h7,9H,3-6,8H2,1-2H3,(H,13,14,15). The molecule has 0 spiro atoms. The van der Waals surface area contributed by atoms with E-state index in [-0.39, 0.29) is 11.8 Å². The smallest absolute Gasteiger partial charge is 0.329 e. The van der Waals surface area contributed by atoms with Crippen LogP contribution in [0.4, 0.5) is 17.5 Å². The van der Waals surface area contributed by atoms with E-state index < -0.39 is 4.92 Å². The first-order chi connectivity index (χ1) is 9.61. The van der Waals surface area contributed by atoms with E-state index in [1.165, 1.54) is 6.20 Å². The third kappa shape index (κ3) is 3.32. The van der Waals surface area contributed by atoms with Crippen LogP contribution in [0.1, 0.15) is 19.3 Å². The molecule has 8 nitrogen and oxygen atoms in total. The number of aromatic nitrogens is 2. The van der Waals surface area contributed by atoms with Gasteiger partial charge in [-0.3, -0.25) is 10.1 Å². The monoisotopic (exact) mass is 281 g/mol. The van der Waals surface area contributed by atoms with E-state index in [9.17, 15) is 10.1 Å². The molecule has 1 aromatic rings. The molecule has 1 unspecified atom stereocenters. The van der Waals surface area contributed by atoms with E-state index in [0.717, 1.165) is 25.9 Å². The number of rotatable bonds is 5. The number of nitrogens with zero attached hydrogens (tertiary/aromatic N) is 4. The SMILES string of the molecule is CNc1ncc([N+](=O)[O-])c(N(C)CC2CCCCO2)n1. The van der Waals surface area contributed by atoms with Crippen LogP contribution in [-0.2, 0) is 4.74 Å². The fraction of sp³-hybridized carbons (Fsp3) is 0.667. The first kappa shape index (κ1) is 14.4. The molecule has 0 amide bonds. The molecule has 110 valence electrons. The van der Waals surface area contributed by atoms with Crippen molar-refractivity contribution in [1.29, 1.82) is 0 Å². The number of nitrogens with one attached hydrogen (secondary N) is 1. The number of hydrogen-bond donors (Lipinski definition) is 1. The largest absolute Gasteiger partial charge is 0.376 e. The van der Waals surface area contributed by atoms with E-state index in [2.05, 4.69) is 15.3 Å². The molecule has 0 bridgehead atoms. The summed E-state index contributed by atoms with van der Waals surface area (Å²) in [7, 11) is 3.46.